The zero-order chi connectivity index (χ0) is 19.2. The van der Waals surface area contributed by atoms with Gasteiger partial charge in [0.2, 0.25) is 5.91 Å². The SMILES string of the molecule is C#CCNC(=O)c1ccccc1NC(=O)Cc1csc(N2CCNC2=O)n1. The number of carbonyl (C=O) groups is 3. The first-order valence-electron chi connectivity index (χ1n) is 8.19. The number of hydrogen-bond donors (Lipinski definition) is 3. The van der Waals surface area contributed by atoms with E-state index in [0.29, 0.717) is 35.2 Å². The van der Waals surface area contributed by atoms with Gasteiger partial charge in [-0.15, -0.1) is 17.8 Å². The van der Waals surface area contributed by atoms with Crippen LogP contribution in [0, 0.1) is 12.3 Å². The summed E-state index contributed by atoms with van der Waals surface area (Å²) in [6.45, 7) is 1.23. The van der Waals surface area contributed by atoms with Crippen LogP contribution in [0.15, 0.2) is 29.6 Å². The van der Waals surface area contributed by atoms with Crippen molar-refractivity contribution in [1.82, 2.24) is 15.6 Å². The Bertz CT molecular complexity index is 918. The molecule has 0 aliphatic carbocycles. The molecule has 4 amide bonds. The number of anilines is 2. The number of hydrogen-bond acceptors (Lipinski definition) is 5. The van der Waals surface area contributed by atoms with Crippen LogP contribution in [0.5, 0.6) is 0 Å². The molecule has 8 nitrogen and oxygen atoms in total. The first kappa shape index (κ1) is 18.4. The van der Waals surface area contributed by atoms with Crippen LogP contribution >= 0.6 is 11.3 Å². The fraction of sp³-hybridized carbons (Fsp3) is 0.222. The molecule has 1 aliphatic rings. The van der Waals surface area contributed by atoms with E-state index in [1.807, 2.05) is 0 Å². The van der Waals surface area contributed by atoms with Gasteiger partial charge in [-0.3, -0.25) is 14.5 Å². The molecule has 0 unspecified atom stereocenters. The zero-order valence-electron chi connectivity index (χ0n) is 14.3. The number of carbonyl (C=O) groups excluding carboxylic acids is 3. The molecule has 1 aromatic heterocycles. The summed E-state index contributed by atoms with van der Waals surface area (Å²) in [6, 6.07) is 6.49. The summed E-state index contributed by atoms with van der Waals surface area (Å²) in [4.78, 5) is 42.1. The van der Waals surface area contributed by atoms with Gasteiger partial charge in [-0.1, -0.05) is 18.1 Å². The van der Waals surface area contributed by atoms with Gasteiger partial charge >= 0.3 is 6.03 Å². The second kappa shape index (κ2) is 8.33. The molecule has 0 bridgehead atoms. The van der Waals surface area contributed by atoms with Gasteiger partial charge < -0.3 is 16.0 Å². The van der Waals surface area contributed by atoms with E-state index in [9.17, 15) is 14.4 Å². The van der Waals surface area contributed by atoms with Crippen molar-refractivity contribution in [3.05, 3.63) is 40.9 Å². The zero-order valence-corrected chi connectivity index (χ0v) is 15.1. The Hall–Kier alpha value is -3.38. The molecule has 2 aromatic rings. The van der Waals surface area contributed by atoms with Crippen LogP contribution in [0.4, 0.5) is 15.6 Å². The van der Waals surface area contributed by atoms with E-state index in [0.717, 1.165) is 0 Å². The lowest BCUT2D eigenvalue weighted by Gasteiger charge is -2.10. The number of benzene rings is 1. The van der Waals surface area contributed by atoms with E-state index in [2.05, 4.69) is 26.9 Å². The van der Waals surface area contributed by atoms with Crippen molar-refractivity contribution in [2.75, 3.05) is 29.9 Å². The molecule has 1 aromatic carbocycles. The molecule has 0 radical (unpaired) electrons. The number of rotatable bonds is 6. The Kier molecular flexibility index (Phi) is 5.68. The number of urea groups is 1. The van der Waals surface area contributed by atoms with Crippen LogP contribution in [-0.2, 0) is 11.2 Å². The second-order valence-electron chi connectivity index (χ2n) is 5.66. The monoisotopic (exact) mass is 383 g/mol. The highest BCUT2D eigenvalue weighted by Crippen LogP contribution is 2.22. The maximum absolute atomic E-state index is 12.4. The predicted octanol–water partition coefficient (Wildman–Crippen LogP) is 1.22. The van der Waals surface area contributed by atoms with Gasteiger partial charge in [0.05, 0.1) is 29.9 Å². The average molecular weight is 383 g/mol. The lowest BCUT2D eigenvalue weighted by molar-refractivity contribution is -0.115. The number of nitrogens with zero attached hydrogens (tertiary/aromatic N) is 2. The first-order valence-corrected chi connectivity index (χ1v) is 9.06. The van der Waals surface area contributed by atoms with Gasteiger partial charge in [-0.2, -0.15) is 0 Å². The van der Waals surface area contributed by atoms with Crippen LogP contribution in [-0.4, -0.2) is 42.5 Å². The smallest absolute Gasteiger partial charge is 0.323 e. The van der Waals surface area contributed by atoms with E-state index in [1.165, 1.54) is 16.2 Å². The minimum Gasteiger partial charge on any atom is -0.341 e. The molecular formula is C18H17N5O3S. The summed E-state index contributed by atoms with van der Waals surface area (Å²) in [5, 5.41) is 10.3. The molecule has 27 heavy (non-hydrogen) atoms. The summed E-state index contributed by atoms with van der Waals surface area (Å²) in [7, 11) is 0. The normalized spacial score (nSPS) is 13.0. The topological polar surface area (TPSA) is 103 Å². The molecule has 138 valence electrons. The van der Waals surface area contributed by atoms with Crippen molar-refractivity contribution in [2.45, 2.75) is 6.42 Å². The molecule has 0 atom stereocenters. The number of para-hydroxylation sites is 1. The predicted molar refractivity (Wildman–Crippen MR) is 103 cm³/mol. The summed E-state index contributed by atoms with van der Waals surface area (Å²) >= 11 is 1.31. The third-order valence-corrected chi connectivity index (χ3v) is 4.68. The maximum Gasteiger partial charge on any atom is 0.323 e. The molecule has 3 N–H and O–H groups in total. The summed E-state index contributed by atoms with van der Waals surface area (Å²) < 4.78 is 0. The fourth-order valence-corrected chi connectivity index (χ4v) is 3.38. The Labute approximate surface area is 160 Å². The van der Waals surface area contributed by atoms with Crippen LogP contribution in [0.2, 0.25) is 0 Å². The molecule has 1 aliphatic heterocycles. The van der Waals surface area contributed by atoms with Crippen molar-refractivity contribution in [1.29, 1.82) is 0 Å². The quantitative estimate of drug-likeness (QED) is 0.653. The minimum absolute atomic E-state index is 0.0340. The highest BCUT2D eigenvalue weighted by molar-refractivity contribution is 7.14. The summed E-state index contributed by atoms with van der Waals surface area (Å²) in [6.07, 6.45) is 5.18. The molecule has 1 saturated heterocycles. The van der Waals surface area contributed by atoms with Gasteiger partial charge in [0, 0.05) is 18.5 Å². The average Bonchev–Trinajstić information content (AvgIpc) is 3.28. The third-order valence-electron chi connectivity index (χ3n) is 3.77. The molecule has 1 fully saturated rings. The van der Waals surface area contributed by atoms with E-state index < -0.39 is 0 Å². The first-order chi connectivity index (χ1) is 13.1. The van der Waals surface area contributed by atoms with E-state index in [1.54, 1.807) is 29.6 Å². The maximum atomic E-state index is 12.4. The molecular weight excluding hydrogens is 366 g/mol. The third kappa shape index (κ3) is 4.43. The van der Waals surface area contributed by atoms with Crippen molar-refractivity contribution in [3.8, 4) is 12.3 Å². The highest BCUT2D eigenvalue weighted by Gasteiger charge is 2.24. The largest absolute Gasteiger partial charge is 0.341 e. The van der Waals surface area contributed by atoms with Gasteiger partial charge in [-0.05, 0) is 12.1 Å². The van der Waals surface area contributed by atoms with Crippen LogP contribution < -0.4 is 20.9 Å². The number of aromatic nitrogens is 1. The molecule has 0 saturated carbocycles. The Morgan fingerprint density at radius 1 is 1.37 bits per heavy atom. The van der Waals surface area contributed by atoms with Crippen molar-refractivity contribution >= 4 is 40.0 Å². The fourth-order valence-electron chi connectivity index (χ4n) is 2.53. The molecule has 2 heterocycles. The van der Waals surface area contributed by atoms with E-state index in [4.69, 9.17) is 6.42 Å². The Morgan fingerprint density at radius 3 is 2.93 bits per heavy atom. The molecule has 9 heteroatoms. The van der Waals surface area contributed by atoms with Crippen LogP contribution in [0.25, 0.3) is 0 Å². The van der Waals surface area contributed by atoms with Gasteiger partial charge in [0.1, 0.15) is 0 Å². The lowest BCUT2D eigenvalue weighted by atomic mass is 10.1. The number of nitrogens with one attached hydrogen (secondary N) is 3. The van der Waals surface area contributed by atoms with Crippen molar-refractivity contribution in [3.63, 3.8) is 0 Å². The number of amides is 4. The lowest BCUT2D eigenvalue weighted by Crippen LogP contribution is -2.27. The minimum atomic E-state index is -0.361. The number of thiazole rings is 1. The Balaban J connectivity index is 1.65. The number of terminal acetylenes is 1. The molecule has 3 rings (SSSR count). The van der Waals surface area contributed by atoms with Gasteiger partial charge in [0.15, 0.2) is 5.13 Å². The summed E-state index contributed by atoms with van der Waals surface area (Å²) in [5.74, 6) is 1.66. The van der Waals surface area contributed by atoms with Gasteiger partial charge in [0.25, 0.3) is 5.91 Å². The standard InChI is InChI=1S/C18H17N5O3S/c1-2-7-19-16(25)13-5-3-4-6-14(13)22-15(24)10-12-11-27-18(21-12)23-9-8-20-17(23)26/h1,3-6,11H,7-10H2,(H,19,25)(H,20,26)(H,22,24). The van der Waals surface area contributed by atoms with Crippen molar-refractivity contribution < 1.29 is 14.4 Å². The molecule has 0 spiro atoms. The van der Waals surface area contributed by atoms with Crippen LogP contribution in [0.3, 0.4) is 0 Å². The Morgan fingerprint density at radius 2 is 2.19 bits per heavy atom. The van der Waals surface area contributed by atoms with Crippen LogP contribution in [0.1, 0.15) is 16.1 Å². The highest BCUT2D eigenvalue weighted by atomic mass is 32.1. The summed E-state index contributed by atoms with van der Waals surface area (Å²) in [5.41, 5.74) is 1.28. The van der Waals surface area contributed by atoms with E-state index in [-0.39, 0.29) is 30.8 Å². The second-order valence-corrected chi connectivity index (χ2v) is 6.50. The van der Waals surface area contributed by atoms with Gasteiger partial charge in [-0.25, -0.2) is 9.78 Å². The van der Waals surface area contributed by atoms with Crippen molar-refractivity contribution in [2.24, 2.45) is 0 Å². The van der Waals surface area contributed by atoms with E-state index >= 15 is 0 Å².